The summed E-state index contributed by atoms with van der Waals surface area (Å²) in [5.41, 5.74) is 7.54. The van der Waals surface area contributed by atoms with Crippen molar-refractivity contribution < 1.29 is 34.5 Å². The van der Waals surface area contributed by atoms with E-state index in [2.05, 4.69) is 28.4 Å². The van der Waals surface area contributed by atoms with Crippen LogP contribution in [-0.4, -0.2) is 64.0 Å². The van der Waals surface area contributed by atoms with E-state index in [1.165, 1.54) is 0 Å². The second-order valence-electron chi connectivity index (χ2n) is 12.6. The highest BCUT2D eigenvalue weighted by Gasteiger charge is 2.34. The molecule has 2 aliphatic heterocycles. The van der Waals surface area contributed by atoms with Gasteiger partial charge >= 0.3 is 0 Å². The van der Waals surface area contributed by atoms with Crippen LogP contribution in [0.1, 0.15) is 86.0 Å². The number of aliphatic hydroxyl groups excluding tert-OH is 2. The molecule has 2 aliphatic rings. The number of unbranched alkanes of at least 4 members (excludes halogenated alkanes) is 3. The van der Waals surface area contributed by atoms with Crippen molar-refractivity contribution in [2.75, 3.05) is 19.6 Å². The van der Waals surface area contributed by atoms with Crippen molar-refractivity contribution in [1.82, 2.24) is 15.7 Å². The van der Waals surface area contributed by atoms with Crippen LogP contribution < -0.4 is 10.8 Å². The summed E-state index contributed by atoms with van der Waals surface area (Å²) < 4.78 is 13.0. The van der Waals surface area contributed by atoms with Crippen molar-refractivity contribution in [2.24, 2.45) is 0 Å². The van der Waals surface area contributed by atoms with E-state index in [1.54, 1.807) is 5.48 Å². The highest BCUT2D eigenvalue weighted by atomic mass is 16.7. The fourth-order valence-corrected chi connectivity index (χ4v) is 6.34. The molecule has 2 saturated heterocycles. The molecular weight excluding hydrogens is 598 g/mol. The lowest BCUT2D eigenvalue weighted by Gasteiger charge is -2.38. The molecule has 0 radical (unpaired) electrons. The summed E-state index contributed by atoms with van der Waals surface area (Å²) in [6.07, 6.45) is 4.21. The van der Waals surface area contributed by atoms with Crippen molar-refractivity contribution in [1.29, 1.82) is 0 Å². The van der Waals surface area contributed by atoms with Gasteiger partial charge in [0.25, 0.3) is 0 Å². The number of hydrogen-bond donors (Lipinski definition) is 5. The Morgan fingerprint density at radius 1 is 0.851 bits per heavy atom. The molecule has 0 aliphatic carbocycles. The zero-order valence-electron chi connectivity index (χ0n) is 26.9. The fourth-order valence-electron chi connectivity index (χ4n) is 6.34. The van der Waals surface area contributed by atoms with Crippen LogP contribution in [0.15, 0.2) is 72.8 Å². The quantitative estimate of drug-likeness (QED) is 0.0892. The third-order valence-corrected chi connectivity index (χ3v) is 8.99. The average molecular weight is 646 g/mol. The van der Waals surface area contributed by atoms with E-state index in [4.69, 9.17) is 14.7 Å². The predicted molar refractivity (Wildman–Crippen MR) is 177 cm³/mol. The number of rotatable bonds is 15. The predicted octanol–water partition coefficient (Wildman–Crippen LogP) is 4.92. The van der Waals surface area contributed by atoms with Crippen LogP contribution in [0.25, 0.3) is 11.1 Å². The Morgan fingerprint density at radius 2 is 1.55 bits per heavy atom. The van der Waals surface area contributed by atoms with Crippen LogP contribution in [0.2, 0.25) is 0 Å². The zero-order valence-corrected chi connectivity index (χ0v) is 26.9. The van der Waals surface area contributed by atoms with Crippen LogP contribution in [0.5, 0.6) is 0 Å². The second kappa shape index (κ2) is 17.5. The molecule has 2 amide bonds. The summed E-state index contributed by atoms with van der Waals surface area (Å²) in [7, 11) is 0. The van der Waals surface area contributed by atoms with Gasteiger partial charge in [0.1, 0.15) is 0 Å². The van der Waals surface area contributed by atoms with Gasteiger partial charge in [0.05, 0.1) is 24.9 Å². The minimum absolute atomic E-state index is 0.00415. The van der Waals surface area contributed by atoms with Crippen LogP contribution in [0.4, 0.5) is 0 Å². The normalized spacial score (nSPS) is 21.4. The van der Waals surface area contributed by atoms with Gasteiger partial charge in [-0.15, -0.1) is 0 Å². The molecule has 10 nitrogen and oxygen atoms in total. The standard InChI is InChI=1S/C37H47N3O7/c41-25-26-11-13-28(14-12-26)34-21-32(24-40-20-19-31(42)23-40)46-37(47-34)29-17-15-27(16-18-29)33-8-6-5-7-30(33)22-38-35(43)9-3-1-2-4-10-36(44)39-45/h5-8,11-18,31-32,34,37,41-42,45H,1-4,9-10,19-25H2,(H,38,43)(H,39,44)/t31-,32+,34-,37-/m0/s1. The van der Waals surface area contributed by atoms with Crippen LogP contribution >= 0.6 is 0 Å². The molecule has 47 heavy (non-hydrogen) atoms. The molecule has 2 heterocycles. The summed E-state index contributed by atoms with van der Waals surface area (Å²) in [6.45, 7) is 2.65. The highest BCUT2D eigenvalue weighted by molar-refractivity contribution is 5.76. The van der Waals surface area contributed by atoms with Gasteiger partial charge < -0.3 is 25.0 Å². The van der Waals surface area contributed by atoms with Crippen molar-refractivity contribution >= 4 is 11.8 Å². The monoisotopic (exact) mass is 645 g/mol. The van der Waals surface area contributed by atoms with Gasteiger partial charge in [-0.3, -0.25) is 19.7 Å². The Balaban J connectivity index is 1.20. The number of nitrogens with zero attached hydrogens (tertiary/aromatic N) is 1. The van der Waals surface area contributed by atoms with Crippen molar-refractivity contribution in [3.63, 3.8) is 0 Å². The molecule has 5 N–H and O–H groups in total. The van der Waals surface area contributed by atoms with Crippen LogP contribution in [0, 0.1) is 0 Å². The first kappa shape index (κ1) is 34.7. The molecular formula is C37H47N3O7. The number of benzene rings is 3. The Kier molecular flexibility index (Phi) is 12.9. The highest BCUT2D eigenvalue weighted by Crippen LogP contribution is 2.39. The number of ether oxygens (including phenoxy) is 2. The van der Waals surface area contributed by atoms with Gasteiger partial charge in [-0.25, -0.2) is 5.48 Å². The maximum absolute atomic E-state index is 12.5. The smallest absolute Gasteiger partial charge is 0.243 e. The molecule has 10 heteroatoms. The van der Waals surface area contributed by atoms with Gasteiger partial charge in [0.15, 0.2) is 6.29 Å². The number of aliphatic hydroxyl groups is 2. The van der Waals surface area contributed by atoms with Crippen molar-refractivity contribution in [2.45, 2.75) is 89.1 Å². The summed E-state index contributed by atoms with van der Waals surface area (Å²) in [5.74, 6) is -0.390. The van der Waals surface area contributed by atoms with E-state index in [0.29, 0.717) is 32.4 Å². The summed E-state index contributed by atoms with van der Waals surface area (Å²) in [5, 5.41) is 31.2. The second-order valence-corrected chi connectivity index (χ2v) is 12.6. The van der Waals surface area contributed by atoms with E-state index in [1.807, 2.05) is 54.6 Å². The minimum Gasteiger partial charge on any atom is -0.392 e. The Morgan fingerprint density at radius 3 is 2.23 bits per heavy atom. The van der Waals surface area contributed by atoms with E-state index in [9.17, 15) is 19.8 Å². The number of β-amino-alcohol motifs (C(OH)–C–C–N with tert-alkyl or cyclic N) is 1. The topological polar surface area (TPSA) is 141 Å². The third-order valence-electron chi connectivity index (χ3n) is 8.99. The fraction of sp³-hybridized carbons (Fsp3) is 0.459. The van der Waals surface area contributed by atoms with Crippen molar-refractivity contribution in [3.8, 4) is 11.1 Å². The molecule has 0 spiro atoms. The molecule has 0 saturated carbocycles. The van der Waals surface area contributed by atoms with Crippen molar-refractivity contribution in [3.05, 3.63) is 95.1 Å². The Labute approximate surface area is 276 Å². The van der Waals surface area contributed by atoms with E-state index in [-0.39, 0.29) is 43.2 Å². The number of amides is 2. The summed E-state index contributed by atoms with van der Waals surface area (Å²) in [6, 6.07) is 24.1. The Hall–Kier alpha value is -3.64. The summed E-state index contributed by atoms with van der Waals surface area (Å²) >= 11 is 0. The van der Waals surface area contributed by atoms with Gasteiger partial charge in [0.2, 0.25) is 11.8 Å². The lowest BCUT2D eigenvalue weighted by molar-refractivity contribution is -0.252. The van der Waals surface area contributed by atoms with Gasteiger partial charge in [-0.05, 0) is 47.1 Å². The number of carbonyl (C=O) groups excluding carboxylic acids is 2. The third kappa shape index (κ3) is 10.2. The zero-order chi connectivity index (χ0) is 33.0. The molecule has 3 aromatic carbocycles. The summed E-state index contributed by atoms with van der Waals surface area (Å²) in [4.78, 5) is 25.9. The molecule has 0 aromatic heterocycles. The molecule has 252 valence electrons. The van der Waals surface area contributed by atoms with E-state index < -0.39 is 6.29 Å². The van der Waals surface area contributed by atoms with E-state index >= 15 is 0 Å². The first-order valence-electron chi connectivity index (χ1n) is 16.7. The van der Waals surface area contributed by atoms with Gasteiger partial charge in [0, 0.05) is 51.0 Å². The number of hydrogen-bond acceptors (Lipinski definition) is 8. The van der Waals surface area contributed by atoms with Gasteiger partial charge in [-0.1, -0.05) is 85.6 Å². The molecule has 0 bridgehead atoms. The lowest BCUT2D eigenvalue weighted by Crippen LogP contribution is -2.38. The number of likely N-dealkylation sites (tertiary alicyclic amines) is 1. The number of carbonyl (C=O) groups is 2. The Bertz CT molecular complexity index is 1430. The molecule has 4 atom stereocenters. The lowest BCUT2D eigenvalue weighted by atomic mass is 9.97. The number of hydroxylamine groups is 1. The largest absolute Gasteiger partial charge is 0.392 e. The minimum atomic E-state index is -0.556. The van der Waals surface area contributed by atoms with Crippen LogP contribution in [0.3, 0.4) is 0 Å². The first-order chi connectivity index (χ1) is 22.9. The molecule has 3 aromatic rings. The first-order valence-corrected chi connectivity index (χ1v) is 16.7. The maximum Gasteiger partial charge on any atom is 0.243 e. The molecule has 5 rings (SSSR count). The maximum atomic E-state index is 12.5. The SMILES string of the molecule is O=C(CCCCCCC(=O)NCc1ccccc1-c1ccc([C@H]2O[C@@H](CN3CC[C@H](O)C3)C[C@@H](c3ccc(CO)cc3)O2)cc1)NO. The number of nitrogens with one attached hydrogen (secondary N) is 2. The average Bonchev–Trinajstić information content (AvgIpc) is 3.52. The molecule has 2 fully saturated rings. The van der Waals surface area contributed by atoms with Crippen LogP contribution in [-0.2, 0) is 32.2 Å². The molecule has 0 unspecified atom stereocenters. The van der Waals surface area contributed by atoms with Gasteiger partial charge in [-0.2, -0.15) is 0 Å². The van der Waals surface area contributed by atoms with E-state index in [0.717, 1.165) is 72.2 Å².